The summed E-state index contributed by atoms with van der Waals surface area (Å²) < 4.78 is 5.37. The zero-order valence-corrected chi connectivity index (χ0v) is 10.5. The molecule has 1 aromatic carbocycles. The molecule has 2 aromatic rings. The van der Waals surface area contributed by atoms with E-state index in [-0.39, 0.29) is 0 Å². The second-order valence-electron chi connectivity index (χ2n) is 4.53. The summed E-state index contributed by atoms with van der Waals surface area (Å²) in [5.41, 5.74) is 3.25. The summed E-state index contributed by atoms with van der Waals surface area (Å²) in [5, 5.41) is 7.39. The summed E-state index contributed by atoms with van der Waals surface area (Å²) in [5.74, 6) is 0.837. The van der Waals surface area contributed by atoms with Crippen molar-refractivity contribution in [2.24, 2.45) is 0 Å². The molecule has 1 heterocycles. The largest absolute Gasteiger partial charge is 0.356 e. The van der Waals surface area contributed by atoms with Crippen LogP contribution in [-0.4, -0.2) is 11.2 Å². The second-order valence-corrected chi connectivity index (χ2v) is 4.53. The van der Waals surface area contributed by atoms with Crippen LogP contribution in [0.1, 0.15) is 25.1 Å². The number of nitrogens with one attached hydrogen (secondary N) is 1. The van der Waals surface area contributed by atoms with Gasteiger partial charge < -0.3 is 9.84 Å². The molecule has 0 atom stereocenters. The highest BCUT2D eigenvalue weighted by Gasteiger charge is 2.08. The van der Waals surface area contributed by atoms with Crippen LogP contribution in [0, 0.1) is 6.92 Å². The molecular formula is C14H18N2O. The Morgan fingerprint density at radius 2 is 2.06 bits per heavy atom. The topological polar surface area (TPSA) is 38.1 Å². The molecule has 0 saturated carbocycles. The zero-order valence-electron chi connectivity index (χ0n) is 10.5. The molecule has 1 aromatic heterocycles. The Morgan fingerprint density at radius 3 is 2.76 bits per heavy atom. The number of benzene rings is 1. The van der Waals surface area contributed by atoms with E-state index in [0.717, 1.165) is 23.6 Å². The fourth-order valence-electron chi connectivity index (χ4n) is 1.68. The lowest BCUT2D eigenvalue weighted by molar-refractivity contribution is 0.417. The van der Waals surface area contributed by atoms with Gasteiger partial charge in [-0.05, 0) is 12.5 Å². The van der Waals surface area contributed by atoms with E-state index in [1.165, 1.54) is 5.56 Å². The minimum Gasteiger partial charge on any atom is -0.356 e. The monoisotopic (exact) mass is 230 g/mol. The minimum atomic E-state index is 0.452. The molecule has 17 heavy (non-hydrogen) atoms. The van der Waals surface area contributed by atoms with Crippen LogP contribution < -0.4 is 5.32 Å². The fourth-order valence-corrected chi connectivity index (χ4v) is 1.68. The first-order chi connectivity index (χ1) is 8.16. The molecule has 0 aliphatic carbocycles. The highest BCUT2D eigenvalue weighted by molar-refractivity contribution is 5.61. The summed E-state index contributed by atoms with van der Waals surface area (Å²) in [6.07, 6.45) is 0. The molecule has 0 unspecified atom stereocenters. The third-order valence-electron chi connectivity index (χ3n) is 2.66. The van der Waals surface area contributed by atoms with E-state index in [0.29, 0.717) is 6.04 Å². The maximum absolute atomic E-state index is 5.37. The predicted molar refractivity (Wildman–Crippen MR) is 68.7 cm³/mol. The van der Waals surface area contributed by atoms with Gasteiger partial charge in [-0.2, -0.15) is 0 Å². The molecule has 3 heteroatoms. The van der Waals surface area contributed by atoms with Gasteiger partial charge in [-0.1, -0.05) is 43.3 Å². The predicted octanol–water partition coefficient (Wildman–Crippen LogP) is 3.15. The molecule has 0 spiro atoms. The molecule has 1 N–H and O–H groups in total. The van der Waals surface area contributed by atoms with Crippen molar-refractivity contribution in [1.82, 2.24) is 10.5 Å². The quantitative estimate of drug-likeness (QED) is 0.876. The molecule has 0 fully saturated rings. The van der Waals surface area contributed by atoms with Gasteiger partial charge in [-0.15, -0.1) is 0 Å². The standard InChI is InChI=1S/C14H18N2O/c1-10(2)15-9-12-8-14(17-16-12)13-7-5-4-6-11(13)3/h4-8,10,15H,9H2,1-3H3. The SMILES string of the molecule is Cc1ccccc1-c1cc(CNC(C)C)no1. The number of aromatic nitrogens is 1. The summed E-state index contributed by atoms with van der Waals surface area (Å²) in [7, 11) is 0. The van der Waals surface area contributed by atoms with E-state index >= 15 is 0 Å². The Labute approximate surface area is 102 Å². The van der Waals surface area contributed by atoms with Gasteiger partial charge in [0.25, 0.3) is 0 Å². The maximum atomic E-state index is 5.37. The van der Waals surface area contributed by atoms with Gasteiger partial charge in [0.05, 0.1) is 5.69 Å². The van der Waals surface area contributed by atoms with E-state index in [1.54, 1.807) is 0 Å². The smallest absolute Gasteiger partial charge is 0.167 e. The van der Waals surface area contributed by atoms with Crippen molar-refractivity contribution in [2.75, 3.05) is 0 Å². The Morgan fingerprint density at radius 1 is 1.29 bits per heavy atom. The first-order valence-corrected chi connectivity index (χ1v) is 5.92. The average Bonchev–Trinajstić information content (AvgIpc) is 2.75. The van der Waals surface area contributed by atoms with Gasteiger partial charge >= 0.3 is 0 Å². The van der Waals surface area contributed by atoms with Crippen molar-refractivity contribution in [2.45, 2.75) is 33.4 Å². The van der Waals surface area contributed by atoms with Crippen molar-refractivity contribution in [3.8, 4) is 11.3 Å². The lowest BCUT2D eigenvalue weighted by Crippen LogP contribution is -2.21. The third-order valence-corrected chi connectivity index (χ3v) is 2.66. The van der Waals surface area contributed by atoms with Crippen molar-refractivity contribution in [3.63, 3.8) is 0 Å². The van der Waals surface area contributed by atoms with Crippen LogP contribution in [0.3, 0.4) is 0 Å². The van der Waals surface area contributed by atoms with E-state index in [4.69, 9.17) is 4.52 Å². The number of hydrogen-bond donors (Lipinski definition) is 1. The molecule has 0 saturated heterocycles. The lowest BCUT2D eigenvalue weighted by Gasteiger charge is -2.03. The van der Waals surface area contributed by atoms with Gasteiger partial charge in [-0.25, -0.2) is 0 Å². The molecule has 0 radical (unpaired) electrons. The van der Waals surface area contributed by atoms with Gasteiger partial charge in [0.2, 0.25) is 0 Å². The Kier molecular flexibility index (Phi) is 3.59. The molecule has 0 aliphatic heterocycles. The third kappa shape index (κ3) is 2.94. The molecule has 3 nitrogen and oxygen atoms in total. The first kappa shape index (κ1) is 11.9. The van der Waals surface area contributed by atoms with Gasteiger partial charge in [0.1, 0.15) is 0 Å². The average molecular weight is 230 g/mol. The Hall–Kier alpha value is -1.61. The summed E-state index contributed by atoms with van der Waals surface area (Å²) in [4.78, 5) is 0. The number of rotatable bonds is 4. The summed E-state index contributed by atoms with van der Waals surface area (Å²) in [6.45, 7) is 7.04. The molecule has 2 rings (SSSR count). The van der Waals surface area contributed by atoms with E-state index in [9.17, 15) is 0 Å². The van der Waals surface area contributed by atoms with Crippen LogP contribution in [0.15, 0.2) is 34.9 Å². The van der Waals surface area contributed by atoms with Crippen molar-refractivity contribution < 1.29 is 4.52 Å². The Bertz CT molecular complexity index is 488. The van der Waals surface area contributed by atoms with Crippen molar-refractivity contribution in [1.29, 1.82) is 0 Å². The van der Waals surface area contributed by atoms with E-state index in [2.05, 4.69) is 43.4 Å². The normalized spacial score (nSPS) is 11.1. The van der Waals surface area contributed by atoms with Gasteiger partial charge in [0, 0.05) is 24.2 Å². The van der Waals surface area contributed by atoms with Gasteiger partial charge in [-0.3, -0.25) is 0 Å². The highest BCUT2D eigenvalue weighted by Crippen LogP contribution is 2.23. The van der Waals surface area contributed by atoms with Crippen LogP contribution in [0.5, 0.6) is 0 Å². The molecular weight excluding hydrogens is 212 g/mol. The molecule has 0 bridgehead atoms. The van der Waals surface area contributed by atoms with Crippen LogP contribution in [0.4, 0.5) is 0 Å². The van der Waals surface area contributed by atoms with Crippen LogP contribution in [0.2, 0.25) is 0 Å². The van der Waals surface area contributed by atoms with E-state index in [1.807, 2.05) is 18.2 Å². The molecule has 90 valence electrons. The minimum absolute atomic E-state index is 0.452. The lowest BCUT2D eigenvalue weighted by atomic mass is 10.1. The molecule has 0 amide bonds. The molecule has 0 aliphatic rings. The zero-order chi connectivity index (χ0) is 12.3. The number of hydrogen-bond acceptors (Lipinski definition) is 3. The van der Waals surface area contributed by atoms with Crippen LogP contribution in [0.25, 0.3) is 11.3 Å². The van der Waals surface area contributed by atoms with E-state index < -0.39 is 0 Å². The number of nitrogens with zero attached hydrogens (tertiary/aromatic N) is 1. The summed E-state index contributed by atoms with van der Waals surface area (Å²) in [6, 6.07) is 10.6. The fraction of sp³-hybridized carbons (Fsp3) is 0.357. The summed E-state index contributed by atoms with van der Waals surface area (Å²) >= 11 is 0. The first-order valence-electron chi connectivity index (χ1n) is 5.92. The maximum Gasteiger partial charge on any atom is 0.167 e. The van der Waals surface area contributed by atoms with Crippen molar-refractivity contribution in [3.05, 3.63) is 41.6 Å². The number of aryl methyl sites for hydroxylation is 1. The van der Waals surface area contributed by atoms with Gasteiger partial charge in [0.15, 0.2) is 5.76 Å². The second kappa shape index (κ2) is 5.15. The Balaban J connectivity index is 2.16. The van der Waals surface area contributed by atoms with Crippen LogP contribution in [-0.2, 0) is 6.54 Å². The van der Waals surface area contributed by atoms with Crippen molar-refractivity contribution >= 4 is 0 Å². The van der Waals surface area contributed by atoms with Crippen LogP contribution >= 0.6 is 0 Å². The highest BCUT2D eigenvalue weighted by atomic mass is 16.5.